The number of hydrogen-bond donors (Lipinski definition) is 3. The number of amides is 2. The van der Waals surface area contributed by atoms with Gasteiger partial charge in [-0.05, 0) is 12.1 Å². The molecule has 2 aliphatic heterocycles. The van der Waals surface area contributed by atoms with Crippen molar-refractivity contribution in [1.82, 2.24) is 24.0 Å². The molecule has 32 heavy (non-hydrogen) atoms. The normalized spacial score (nSPS) is 25.2. The first kappa shape index (κ1) is 20.5. The fourth-order valence-electron chi connectivity index (χ4n) is 4.05. The van der Waals surface area contributed by atoms with E-state index in [0.717, 1.165) is 4.90 Å². The average Bonchev–Trinajstić information content (AvgIpc) is 3.43. The minimum atomic E-state index is -1.34. The Balaban J connectivity index is 1.38. The van der Waals surface area contributed by atoms with Gasteiger partial charge in [0.1, 0.15) is 24.6 Å². The van der Waals surface area contributed by atoms with E-state index in [0.29, 0.717) is 11.1 Å². The zero-order valence-electron chi connectivity index (χ0n) is 16.6. The molecule has 3 N–H and O–H groups in total. The van der Waals surface area contributed by atoms with Gasteiger partial charge in [0.05, 0.1) is 24.1 Å². The maximum atomic E-state index is 12.9. The monoisotopic (exact) mass is 441 g/mol. The second-order valence-corrected chi connectivity index (χ2v) is 7.60. The first-order chi connectivity index (χ1) is 15.4. The summed E-state index contributed by atoms with van der Waals surface area (Å²) < 4.78 is 8.02. The van der Waals surface area contributed by atoms with E-state index in [-0.39, 0.29) is 24.3 Å². The van der Waals surface area contributed by atoms with Crippen LogP contribution in [0.3, 0.4) is 0 Å². The summed E-state index contributed by atoms with van der Waals surface area (Å²) in [7, 11) is 0. The van der Waals surface area contributed by atoms with Crippen LogP contribution in [0, 0.1) is 0 Å². The third-order valence-corrected chi connectivity index (χ3v) is 5.78. The van der Waals surface area contributed by atoms with Crippen LogP contribution < -0.4 is 5.56 Å². The molecular weight excluding hydrogens is 422 g/mol. The lowest BCUT2D eigenvalue weighted by Crippen LogP contribution is -2.35. The number of fused-ring (bicyclic) bond motifs is 2. The van der Waals surface area contributed by atoms with Crippen LogP contribution in [-0.4, -0.2) is 82.6 Å². The highest BCUT2D eigenvalue weighted by atomic mass is 16.6. The van der Waals surface area contributed by atoms with Crippen molar-refractivity contribution in [3.05, 3.63) is 58.4 Å². The number of carbonyl (C=O) groups excluding carboxylic acids is 2. The number of aliphatic hydroxyl groups excluding tert-OH is 3. The van der Waals surface area contributed by atoms with Crippen LogP contribution in [-0.2, 0) is 11.3 Å². The van der Waals surface area contributed by atoms with Crippen LogP contribution >= 0.6 is 0 Å². The highest BCUT2D eigenvalue weighted by Gasteiger charge is 2.44. The van der Waals surface area contributed by atoms with E-state index in [9.17, 15) is 29.7 Å². The lowest BCUT2D eigenvalue weighted by Gasteiger charge is -2.17. The summed E-state index contributed by atoms with van der Waals surface area (Å²) in [5.41, 5.74) is 0.276. The van der Waals surface area contributed by atoms with E-state index in [1.807, 2.05) is 0 Å². The molecular formula is C20H19N5O7. The second kappa shape index (κ2) is 7.60. The molecule has 4 heterocycles. The third-order valence-electron chi connectivity index (χ3n) is 5.78. The molecule has 2 amide bonds. The van der Waals surface area contributed by atoms with E-state index in [4.69, 9.17) is 4.74 Å². The van der Waals surface area contributed by atoms with Gasteiger partial charge in [0.25, 0.3) is 17.4 Å². The van der Waals surface area contributed by atoms with Crippen LogP contribution in [0.5, 0.6) is 0 Å². The van der Waals surface area contributed by atoms with Gasteiger partial charge >= 0.3 is 0 Å². The number of ether oxygens (including phenoxy) is 1. The average molecular weight is 441 g/mol. The predicted octanol–water partition coefficient (Wildman–Crippen LogP) is -1.50. The number of nitrogens with zero attached hydrogens (tertiary/aromatic N) is 5. The number of benzene rings is 1. The fourth-order valence-corrected chi connectivity index (χ4v) is 4.05. The maximum Gasteiger partial charge on any atom is 0.281 e. The summed E-state index contributed by atoms with van der Waals surface area (Å²) in [5, 5.41) is 29.5. The molecule has 0 saturated carbocycles. The van der Waals surface area contributed by atoms with Crippen molar-refractivity contribution in [2.45, 2.75) is 31.1 Å². The summed E-state index contributed by atoms with van der Waals surface area (Å²) in [6, 6.07) is 6.53. The van der Waals surface area contributed by atoms with Crippen LogP contribution in [0.2, 0.25) is 0 Å². The van der Waals surface area contributed by atoms with E-state index in [1.54, 1.807) is 24.3 Å². The van der Waals surface area contributed by atoms with Gasteiger partial charge in [-0.3, -0.25) is 28.4 Å². The topological polar surface area (TPSA) is 160 Å². The van der Waals surface area contributed by atoms with Crippen molar-refractivity contribution in [3.63, 3.8) is 0 Å². The molecule has 2 aliphatic rings. The molecule has 1 aromatic carbocycles. The number of aromatic nitrogens is 4. The third kappa shape index (κ3) is 2.96. The SMILES string of the molecule is O=C1c2ccccc2C(=O)N1CCn1cnc2c(ncn2[C@@H]2O[C@H](CO)[C@@H](O)[C@H]2O)c1=O. The van der Waals surface area contributed by atoms with Gasteiger partial charge in [-0.1, -0.05) is 12.1 Å². The molecule has 4 atom stereocenters. The molecule has 1 fully saturated rings. The van der Waals surface area contributed by atoms with Crippen molar-refractivity contribution in [2.24, 2.45) is 0 Å². The van der Waals surface area contributed by atoms with Gasteiger partial charge in [-0.25, -0.2) is 9.97 Å². The number of rotatable bonds is 5. The Hall–Kier alpha value is -3.45. The Morgan fingerprint density at radius 1 is 0.938 bits per heavy atom. The minimum Gasteiger partial charge on any atom is -0.394 e. The summed E-state index contributed by atoms with van der Waals surface area (Å²) in [5.74, 6) is -0.831. The van der Waals surface area contributed by atoms with Gasteiger partial charge in [0, 0.05) is 13.1 Å². The summed E-state index contributed by atoms with van der Waals surface area (Å²) >= 11 is 0. The Kier molecular flexibility index (Phi) is 4.86. The van der Waals surface area contributed by atoms with Gasteiger partial charge in [-0.15, -0.1) is 0 Å². The van der Waals surface area contributed by atoms with Crippen LogP contribution in [0.1, 0.15) is 26.9 Å². The first-order valence-corrected chi connectivity index (χ1v) is 9.92. The lowest BCUT2D eigenvalue weighted by atomic mass is 10.1. The number of imide groups is 1. The molecule has 5 rings (SSSR count). The second-order valence-electron chi connectivity index (χ2n) is 7.60. The standard InChI is InChI=1S/C20H19N5O7/c26-7-12-14(27)15(28)20(32-12)25-9-21-13-16(25)22-8-23(19(13)31)5-6-24-17(29)10-3-1-2-4-11(10)18(24)30/h1-4,8-9,12,14-15,20,26-28H,5-7H2/t12-,14-,15-,20-/m1/s1. The smallest absolute Gasteiger partial charge is 0.281 e. The molecule has 0 aliphatic carbocycles. The Labute approximate surface area is 179 Å². The van der Waals surface area contributed by atoms with Crippen LogP contribution in [0.15, 0.2) is 41.7 Å². The highest BCUT2D eigenvalue weighted by molar-refractivity contribution is 6.21. The molecule has 12 nitrogen and oxygen atoms in total. The van der Waals surface area contributed by atoms with Gasteiger partial charge < -0.3 is 20.1 Å². The molecule has 0 unspecified atom stereocenters. The van der Waals surface area contributed by atoms with E-state index < -0.39 is 48.5 Å². The summed E-state index contributed by atoms with van der Waals surface area (Å²) in [6.07, 6.45) is -2.19. The zero-order valence-corrected chi connectivity index (χ0v) is 16.6. The van der Waals surface area contributed by atoms with Crippen molar-refractivity contribution < 1.29 is 29.6 Å². The van der Waals surface area contributed by atoms with E-state index in [2.05, 4.69) is 9.97 Å². The quantitative estimate of drug-likeness (QED) is 0.400. The number of hydrogen-bond acceptors (Lipinski definition) is 9. The molecule has 0 radical (unpaired) electrons. The zero-order chi connectivity index (χ0) is 22.6. The molecule has 1 saturated heterocycles. The molecule has 0 spiro atoms. The number of carbonyl (C=O) groups is 2. The fraction of sp³-hybridized carbons (Fsp3) is 0.350. The number of aliphatic hydroxyl groups is 3. The van der Waals surface area contributed by atoms with Crippen LogP contribution in [0.25, 0.3) is 11.2 Å². The van der Waals surface area contributed by atoms with Crippen LogP contribution in [0.4, 0.5) is 0 Å². The maximum absolute atomic E-state index is 12.9. The Morgan fingerprint density at radius 3 is 2.25 bits per heavy atom. The largest absolute Gasteiger partial charge is 0.394 e. The Bertz CT molecular complexity index is 1250. The lowest BCUT2D eigenvalue weighted by molar-refractivity contribution is -0.0511. The van der Waals surface area contributed by atoms with Crippen molar-refractivity contribution in [1.29, 1.82) is 0 Å². The van der Waals surface area contributed by atoms with Crippen molar-refractivity contribution in [2.75, 3.05) is 13.2 Å². The summed E-state index contributed by atoms with van der Waals surface area (Å²) in [4.78, 5) is 47.2. The predicted molar refractivity (Wildman–Crippen MR) is 107 cm³/mol. The Morgan fingerprint density at radius 2 is 1.62 bits per heavy atom. The molecule has 3 aromatic rings. The first-order valence-electron chi connectivity index (χ1n) is 9.92. The van der Waals surface area contributed by atoms with E-state index >= 15 is 0 Å². The van der Waals surface area contributed by atoms with E-state index in [1.165, 1.54) is 21.8 Å². The van der Waals surface area contributed by atoms with Gasteiger partial charge in [-0.2, -0.15) is 0 Å². The molecule has 2 aromatic heterocycles. The molecule has 12 heteroatoms. The highest BCUT2D eigenvalue weighted by Crippen LogP contribution is 2.30. The van der Waals surface area contributed by atoms with Gasteiger partial charge in [0.2, 0.25) is 0 Å². The molecule has 166 valence electrons. The van der Waals surface area contributed by atoms with Crippen molar-refractivity contribution in [3.8, 4) is 0 Å². The summed E-state index contributed by atoms with van der Waals surface area (Å²) in [6.45, 7) is -0.484. The van der Waals surface area contributed by atoms with Gasteiger partial charge in [0.15, 0.2) is 17.4 Å². The van der Waals surface area contributed by atoms with Crippen molar-refractivity contribution >= 4 is 23.0 Å². The minimum absolute atomic E-state index is 0.00685. The number of imidazole rings is 1. The molecule has 0 bridgehead atoms.